The summed E-state index contributed by atoms with van der Waals surface area (Å²) in [6.45, 7) is 4.26. The normalized spacial score (nSPS) is 43.6. The molecule has 3 radical (unpaired) electrons. The van der Waals surface area contributed by atoms with Crippen LogP contribution in [0.2, 0.25) is 0 Å². The molecule has 3 atom stereocenters. The third-order valence-electron chi connectivity index (χ3n) is 1.81. The SMILES string of the molecule is [B][C@H]1[CH]C(C)[C@@H](CC)O1. The first-order chi connectivity index (χ1) is 4.24. The Labute approximate surface area is 58.2 Å². The lowest BCUT2D eigenvalue weighted by Gasteiger charge is -2.10. The molecule has 49 valence electrons. The second-order valence-corrected chi connectivity index (χ2v) is 2.60. The molecular formula is C7H12BO. The summed E-state index contributed by atoms with van der Waals surface area (Å²) in [5.74, 6) is 0.532. The van der Waals surface area contributed by atoms with Gasteiger partial charge in [0, 0.05) is 6.00 Å². The van der Waals surface area contributed by atoms with Crippen LogP contribution < -0.4 is 0 Å². The zero-order valence-electron chi connectivity index (χ0n) is 6.00. The molecule has 1 nitrogen and oxygen atoms in total. The first kappa shape index (κ1) is 7.14. The van der Waals surface area contributed by atoms with Gasteiger partial charge in [-0.05, 0) is 18.8 Å². The van der Waals surface area contributed by atoms with Crippen molar-refractivity contribution in [3.63, 3.8) is 0 Å². The van der Waals surface area contributed by atoms with Gasteiger partial charge in [0.15, 0.2) is 0 Å². The fourth-order valence-electron chi connectivity index (χ4n) is 1.26. The molecule has 1 saturated heterocycles. The zero-order valence-corrected chi connectivity index (χ0v) is 6.00. The van der Waals surface area contributed by atoms with E-state index in [4.69, 9.17) is 12.6 Å². The number of hydrogen-bond acceptors (Lipinski definition) is 1. The Morgan fingerprint density at radius 1 is 1.67 bits per heavy atom. The summed E-state index contributed by atoms with van der Waals surface area (Å²) in [5.41, 5.74) is 0. The summed E-state index contributed by atoms with van der Waals surface area (Å²) in [5, 5.41) is 0. The van der Waals surface area contributed by atoms with Crippen LogP contribution in [0.1, 0.15) is 20.3 Å². The number of hydrogen-bond donors (Lipinski definition) is 0. The molecule has 0 aromatic carbocycles. The third kappa shape index (κ3) is 1.48. The standard InChI is InChI=1S/C7H12BO/c1-3-6-5(2)4-7(8)9-6/h4-7H,3H2,1-2H3/t5?,6-,7-/m1/s1. The van der Waals surface area contributed by atoms with Crippen LogP contribution in [0.15, 0.2) is 0 Å². The van der Waals surface area contributed by atoms with Crippen LogP contribution in [0.3, 0.4) is 0 Å². The monoisotopic (exact) mass is 123 g/mol. The van der Waals surface area contributed by atoms with Gasteiger partial charge in [0.2, 0.25) is 0 Å². The molecule has 1 heterocycles. The fraction of sp³-hybridized carbons (Fsp3) is 0.857. The summed E-state index contributed by atoms with van der Waals surface area (Å²) in [7, 11) is 5.51. The van der Waals surface area contributed by atoms with E-state index in [9.17, 15) is 0 Å². The summed E-state index contributed by atoms with van der Waals surface area (Å²) in [6, 6.07) is -0.120. The first-order valence-corrected chi connectivity index (χ1v) is 3.50. The molecule has 1 aliphatic heterocycles. The van der Waals surface area contributed by atoms with Gasteiger partial charge < -0.3 is 4.74 Å². The second-order valence-electron chi connectivity index (χ2n) is 2.60. The van der Waals surface area contributed by atoms with Crippen LogP contribution in [0.25, 0.3) is 0 Å². The summed E-state index contributed by atoms with van der Waals surface area (Å²) in [6.07, 6.45) is 3.47. The Kier molecular flexibility index (Phi) is 2.17. The molecule has 1 unspecified atom stereocenters. The van der Waals surface area contributed by atoms with Gasteiger partial charge in [-0.2, -0.15) is 0 Å². The minimum atomic E-state index is -0.120. The van der Waals surface area contributed by atoms with Gasteiger partial charge in [-0.25, -0.2) is 0 Å². The predicted octanol–water partition coefficient (Wildman–Crippen LogP) is 1.13. The molecule has 0 saturated carbocycles. The van der Waals surface area contributed by atoms with E-state index >= 15 is 0 Å². The molecule has 9 heavy (non-hydrogen) atoms. The molecule has 1 aliphatic rings. The molecular weight excluding hydrogens is 111 g/mol. The van der Waals surface area contributed by atoms with Gasteiger partial charge in [0.1, 0.15) is 7.85 Å². The molecule has 1 rings (SSSR count). The molecule has 0 amide bonds. The Hall–Kier alpha value is 0.0249. The van der Waals surface area contributed by atoms with Crippen LogP contribution in [0.5, 0.6) is 0 Å². The second kappa shape index (κ2) is 2.74. The van der Waals surface area contributed by atoms with Crippen molar-refractivity contribution in [2.45, 2.75) is 32.4 Å². The smallest absolute Gasteiger partial charge is 0.109 e. The maximum atomic E-state index is 5.51. The van der Waals surface area contributed by atoms with Crippen molar-refractivity contribution in [1.82, 2.24) is 0 Å². The van der Waals surface area contributed by atoms with E-state index in [1.165, 1.54) is 0 Å². The van der Waals surface area contributed by atoms with E-state index in [0.29, 0.717) is 12.0 Å². The van der Waals surface area contributed by atoms with E-state index in [0.717, 1.165) is 6.42 Å². The highest BCUT2D eigenvalue weighted by Gasteiger charge is 2.27. The maximum Gasteiger partial charge on any atom is 0.109 e. The van der Waals surface area contributed by atoms with Crippen molar-refractivity contribution < 1.29 is 4.74 Å². The zero-order chi connectivity index (χ0) is 6.85. The topological polar surface area (TPSA) is 9.23 Å². The van der Waals surface area contributed by atoms with Gasteiger partial charge in [0.25, 0.3) is 0 Å². The number of rotatable bonds is 1. The minimum Gasteiger partial charge on any atom is -0.384 e. The average Bonchev–Trinajstić information content (AvgIpc) is 2.10. The summed E-state index contributed by atoms with van der Waals surface area (Å²) in [4.78, 5) is 0. The largest absolute Gasteiger partial charge is 0.384 e. The van der Waals surface area contributed by atoms with E-state index in [-0.39, 0.29) is 6.00 Å². The van der Waals surface area contributed by atoms with Crippen molar-refractivity contribution in [3.05, 3.63) is 6.42 Å². The van der Waals surface area contributed by atoms with Crippen molar-refractivity contribution in [2.75, 3.05) is 0 Å². The Bertz CT molecular complexity index is 94.9. The Balaban J connectivity index is 2.38. The average molecular weight is 123 g/mol. The Morgan fingerprint density at radius 2 is 2.33 bits per heavy atom. The van der Waals surface area contributed by atoms with Crippen LogP contribution in [-0.2, 0) is 4.74 Å². The van der Waals surface area contributed by atoms with E-state index in [1.807, 2.05) is 6.42 Å². The van der Waals surface area contributed by atoms with Crippen molar-refractivity contribution >= 4 is 7.85 Å². The van der Waals surface area contributed by atoms with Gasteiger partial charge >= 0.3 is 0 Å². The molecule has 0 N–H and O–H groups in total. The van der Waals surface area contributed by atoms with Crippen molar-refractivity contribution in [3.8, 4) is 0 Å². The highest BCUT2D eigenvalue weighted by atomic mass is 16.5. The lowest BCUT2D eigenvalue weighted by atomic mass is 9.91. The number of ether oxygens (including phenoxy) is 1. The lowest BCUT2D eigenvalue weighted by Crippen LogP contribution is -2.12. The highest BCUT2D eigenvalue weighted by Crippen LogP contribution is 2.24. The molecule has 2 heteroatoms. The quantitative estimate of drug-likeness (QED) is 0.475. The minimum absolute atomic E-state index is 0.120. The van der Waals surface area contributed by atoms with Crippen LogP contribution >= 0.6 is 0 Å². The predicted molar refractivity (Wildman–Crippen MR) is 38.2 cm³/mol. The Morgan fingerprint density at radius 3 is 2.56 bits per heavy atom. The maximum absolute atomic E-state index is 5.51. The van der Waals surface area contributed by atoms with Gasteiger partial charge in [-0.1, -0.05) is 13.8 Å². The molecule has 0 spiro atoms. The van der Waals surface area contributed by atoms with Crippen LogP contribution in [0.4, 0.5) is 0 Å². The summed E-state index contributed by atoms with van der Waals surface area (Å²) >= 11 is 0. The molecule has 0 aromatic heterocycles. The lowest BCUT2D eigenvalue weighted by molar-refractivity contribution is 0.0731. The van der Waals surface area contributed by atoms with Gasteiger partial charge in [0.05, 0.1) is 6.10 Å². The third-order valence-corrected chi connectivity index (χ3v) is 1.81. The van der Waals surface area contributed by atoms with Crippen LogP contribution in [-0.4, -0.2) is 20.0 Å². The van der Waals surface area contributed by atoms with Gasteiger partial charge in [-0.15, -0.1) is 0 Å². The van der Waals surface area contributed by atoms with Crippen LogP contribution in [0, 0.1) is 12.3 Å². The molecule has 1 fully saturated rings. The van der Waals surface area contributed by atoms with Gasteiger partial charge in [-0.3, -0.25) is 0 Å². The van der Waals surface area contributed by atoms with E-state index < -0.39 is 0 Å². The summed E-state index contributed by atoms with van der Waals surface area (Å²) < 4.78 is 5.34. The molecule has 0 aliphatic carbocycles. The van der Waals surface area contributed by atoms with Crippen molar-refractivity contribution in [2.24, 2.45) is 5.92 Å². The highest BCUT2D eigenvalue weighted by molar-refractivity contribution is 6.12. The van der Waals surface area contributed by atoms with Crippen molar-refractivity contribution in [1.29, 1.82) is 0 Å². The van der Waals surface area contributed by atoms with E-state index in [1.54, 1.807) is 0 Å². The fourth-order valence-corrected chi connectivity index (χ4v) is 1.26. The first-order valence-electron chi connectivity index (χ1n) is 3.50. The molecule has 0 bridgehead atoms. The van der Waals surface area contributed by atoms with E-state index in [2.05, 4.69) is 13.8 Å². The molecule has 0 aromatic rings.